The number of nitrogens with two attached hydrogens (primary N) is 1. The van der Waals surface area contributed by atoms with Crippen molar-refractivity contribution in [3.63, 3.8) is 0 Å². The normalized spacial score (nSPS) is 11.0. The summed E-state index contributed by atoms with van der Waals surface area (Å²) < 4.78 is 31.8. The van der Waals surface area contributed by atoms with Crippen molar-refractivity contribution in [1.82, 2.24) is 5.43 Å². The minimum Gasteiger partial charge on any atom is -0.497 e. The number of nitrogens with one attached hydrogen (secondary N) is 1. The first-order valence-corrected chi connectivity index (χ1v) is 8.62. The fraction of sp³-hybridized carbons (Fsp3) is 0.133. The molecule has 0 spiro atoms. The van der Waals surface area contributed by atoms with Gasteiger partial charge in [0.1, 0.15) is 12.3 Å². The van der Waals surface area contributed by atoms with Crippen LogP contribution in [0.1, 0.15) is 0 Å². The molecule has 0 bridgehead atoms. The monoisotopic (exact) mass is 369 g/mol. The Morgan fingerprint density at radius 3 is 2.46 bits per heavy atom. The number of halogens is 1. The van der Waals surface area contributed by atoms with Crippen LogP contribution in [0.15, 0.2) is 53.4 Å². The van der Waals surface area contributed by atoms with Gasteiger partial charge in [0, 0.05) is 5.02 Å². The average Bonchev–Trinajstić information content (AvgIpc) is 2.59. The number of carbonyl (C=O) groups is 1. The fourth-order valence-electron chi connectivity index (χ4n) is 2.00. The van der Waals surface area contributed by atoms with Crippen LogP contribution in [0.4, 0.5) is 5.69 Å². The van der Waals surface area contributed by atoms with Crippen LogP contribution in [0.5, 0.6) is 5.75 Å². The summed E-state index contributed by atoms with van der Waals surface area (Å²) in [4.78, 5) is 11.7. The molecule has 2 aromatic rings. The number of hydrogen-bond donors (Lipinski definition) is 2. The number of hydrazine groups is 1. The Morgan fingerprint density at radius 2 is 1.92 bits per heavy atom. The van der Waals surface area contributed by atoms with E-state index < -0.39 is 22.5 Å². The number of anilines is 1. The van der Waals surface area contributed by atoms with E-state index in [2.05, 4.69) is 0 Å². The predicted molar refractivity (Wildman–Crippen MR) is 91.3 cm³/mol. The summed E-state index contributed by atoms with van der Waals surface area (Å²) in [6.45, 7) is -0.481. The highest BCUT2D eigenvalue weighted by molar-refractivity contribution is 7.92. The summed E-state index contributed by atoms with van der Waals surface area (Å²) in [6.07, 6.45) is 0. The molecule has 0 fully saturated rings. The van der Waals surface area contributed by atoms with Crippen LogP contribution in [-0.4, -0.2) is 28.0 Å². The second kappa shape index (κ2) is 7.52. The van der Waals surface area contributed by atoms with E-state index in [0.29, 0.717) is 10.8 Å². The van der Waals surface area contributed by atoms with Crippen molar-refractivity contribution in [2.75, 3.05) is 18.0 Å². The number of hydrogen-bond acceptors (Lipinski definition) is 5. The molecule has 1 amide bonds. The van der Waals surface area contributed by atoms with Gasteiger partial charge in [-0.25, -0.2) is 14.3 Å². The van der Waals surface area contributed by atoms with Crippen LogP contribution in [-0.2, 0) is 14.8 Å². The van der Waals surface area contributed by atoms with E-state index in [4.69, 9.17) is 22.2 Å². The van der Waals surface area contributed by atoms with Gasteiger partial charge in [-0.05, 0) is 42.5 Å². The third-order valence-corrected chi connectivity index (χ3v) is 5.21. The van der Waals surface area contributed by atoms with Gasteiger partial charge in [0.2, 0.25) is 0 Å². The van der Waals surface area contributed by atoms with E-state index in [1.54, 1.807) is 12.1 Å². The number of carbonyl (C=O) groups excluding carboxylic acids is 1. The Kier molecular flexibility index (Phi) is 5.66. The number of ether oxygens (including phenoxy) is 1. The van der Waals surface area contributed by atoms with Gasteiger partial charge in [-0.1, -0.05) is 17.7 Å². The quantitative estimate of drug-likeness (QED) is 0.457. The standard InChI is InChI=1S/C15H16ClN3O4S/c1-23-13-5-7-14(8-6-13)24(21,22)19(10-15(20)18-17)12-4-2-3-11(16)9-12/h2-9H,10,17H2,1H3,(H,18,20). The minimum absolute atomic E-state index is 0.00750. The first kappa shape index (κ1) is 18.1. The molecular weight excluding hydrogens is 354 g/mol. The SMILES string of the molecule is COc1ccc(S(=O)(=O)N(CC(=O)NN)c2cccc(Cl)c2)cc1. The molecule has 2 aromatic carbocycles. The molecule has 3 N–H and O–H groups in total. The van der Waals surface area contributed by atoms with Gasteiger partial charge in [-0.2, -0.15) is 0 Å². The third kappa shape index (κ3) is 3.97. The summed E-state index contributed by atoms with van der Waals surface area (Å²) in [7, 11) is -2.52. The van der Waals surface area contributed by atoms with Crippen molar-refractivity contribution in [2.45, 2.75) is 4.90 Å². The molecule has 2 rings (SSSR count). The topological polar surface area (TPSA) is 102 Å². The van der Waals surface area contributed by atoms with Gasteiger partial charge in [0.25, 0.3) is 15.9 Å². The first-order valence-electron chi connectivity index (χ1n) is 6.80. The maximum absolute atomic E-state index is 12.9. The summed E-state index contributed by atoms with van der Waals surface area (Å²) in [5.74, 6) is 4.94. The number of sulfonamides is 1. The highest BCUT2D eigenvalue weighted by Gasteiger charge is 2.27. The number of rotatable bonds is 6. The lowest BCUT2D eigenvalue weighted by atomic mass is 10.3. The van der Waals surface area contributed by atoms with Crippen molar-refractivity contribution in [1.29, 1.82) is 0 Å². The van der Waals surface area contributed by atoms with Crippen LogP contribution in [0.25, 0.3) is 0 Å². The lowest BCUT2D eigenvalue weighted by Crippen LogP contribution is -2.43. The average molecular weight is 370 g/mol. The minimum atomic E-state index is -4.00. The molecule has 0 aliphatic carbocycles. The second-order valence-corrected chi connectivity index (χ2v) is 7.03. The zero-order valence-corrected chi connectivity index (χ0v) is 14.3. The molecule has 24 heavy (non-hydrogen) atoms. The highest BCUT2D eigenvalue weighted by Crippen LogP contribution is 2.26. The molecule has 0 unspecified atom stereocenters. The third-order valence-electron chi connectivity index (χ3n) is 3.19. The molecule has 0 heterocycles. The highest BCUT2D eigenvalue weighted by atomic mass is 35.5. The van der Waals surface area contributed by atoms with E-state index in [1.807, 2.05) is 5.43 Å². The van der Waals surface area contributed by atoms with Crippen LogP contribution >= 0.6 is 11.6 Å². The maximum atomic E-state index is 12.9. The first-order chi connectivity index (χ1) is 11.4. The molecule has 128 valence electrons. The van der Waals surface area contributed by atoms with Crippen LogP contribution in [0.2, 0.25) is 5.02 Å². The van der Waals surface area contributed by atoms with Gasteiger partial charge >= 0.3 is 0 Å². The molecule has 0 atom stereocenters. The molecule has 0 aromatic heterocycles. The lowest BCUT2D eigenvalue weighted by molar-refractivity contribution is -0.119. The largest absolute Gasteiger partial charge is 0.497 e. The summed E-state index contributed by atoms with van der Waals surface area (Å²) in [5, 5.41) is 0.343. The van der Waals surface area contributed by atoms with Gasteiger partial charge < -0.3 is 4.74 Å². The zero-order chi connectivity index (χ0) is 17.7. The molecule has 0 aliphatic rings. The Balaban J connectivity index is 2.49. The molecule has 0 saturated heterocycles. The van der Waals surface area contributed by atoms with Gasteiger partial charge in [0.05, 0.1) is 17.7 Å². The number of nitrogens with zero attached hydrogens (tertiary/aromatic N) is 1. The lowest BCUT2D eigenvalue weighted by Gasteiger charge is -2.24. The summed E-state index contributed by atoms with van der Waals surface area (Å²) >= 11 is 5.93. The van der Waals surface area contributed by atoms with Gasteiger partial charge in [0.15, 0.2) is 0 Å². The van der Waals surface area contributed by atoms with E-state index >= 15 is 0 Å². The Morgan fingerprint density at radius 1 is 1.25 bits per heavy atom. The van der Waals surface area contributed by atoms with E-state index in [-0.39, 0.29) is 10.6 Å². The van der Waals surface area contributed by atoms with Crippen molar-refractivity contribution < 1.29 is 17.9 Å². The zero-order valence-electron chi connectivity index (χ0n) is 12.8. The van der Waals surface area contributed by atoms with Crippen molar-refractivity contribution in [3.05, 3.63) is 53.6 Å². The van der Waals surface area contributed by atoms with Gasteiger partial charge in [-0.15, -0.1) is 0 Å². The molecule has 0 saturated carbocycles. The van der Waals surface area contributed by atoms with Crippen LogP contribution in [0.3, 0.4) is 0 Å². The predicted octanol–water partition coefficient (Wildman–Crippen LogP) is 1.53. The van der Waals surface area contributed by atoms with E-state index in [0.717, 1.165) is 4.31 Å². The maximum Gasteiger partial charge on any atom is 0.264 e. The van der Waals surface area contributed by atoms with E-state index in [1.165, 1.54) is 43.5 Å². The smallest absolute Gasteiger partial charge is 0.264 e. The van der Waals surface area contributed by atoms with Crippen LogP contribution in [0, 0.1) is 0 Å². The Hall–Kier alpha value is -2.29. The summed E-state index contributed by atoms with van der Waals surface area (Å²) in [5.41, 5.74) is 2.18. The Labute approximate surface area is 145 Å². The second-order valence-electron chi connectivity index (χ2n) is 4.73. The fourth-order valence-corrected chi connectivity index (χ4v) is 3.59. The number of methoxy groups -OCH3 is 1. The molecule has 0 radical (unpaired) electrons. The van der Waals surface area contributed by atoms with Crippen molar-refractivity contribution in [2.24, 2.45) is 5.84 Å². The molecular formula is C15H16ClN3O4S. The van der Waals surface area contributed by atoms with E-state index in [9.17, 15) is 13.2 Å². The van der Waals surface area contributed by atoms with Crippen molar-refractivity contribution >= 4 is 33.2 Å². The molecule has 7 nitrogen and oxygen atoms in total. The number of amides is 1. The molecule has 0 aliphatic heterocycles. The van der Waals surface area contributed by atoms with Crippen molar-refractivity contribution in [3.8, 4) is 5.75 Å². The Bertz CT molecular complexity index is 825. The van der Waals surface area contributed by atoms with Gasteiger partial charge in [-0.3, -0.25) is 14.5 Å². The summed E-state index contributed by atoms with van der Waals surface area (Å²) in [6, 6.07) is 12.0. The number of benzene rings is 2. The molecule has 9 heteroatoms. The van der Waals surface area contributed by atoms with Crippen LogP contribution < -0.4 is 20.3 Å².